The first-order valence-electron chi connectivity index (χ1n) is 15.1. The quantitative estimate of drug-likeness (QED) is 0.178. The number of piperidine rings is 1. The first-order chi connectivity index (χ1) is 21.5. The summed E-state index contributed by atoms with van der Waals surface area (Å²) in [5.41, 5.74) is 8.08. The number of anilines is 3. The lowest BCUT2D eigenvalue weighted by molar-refractivity contribution is -0.118. The van der Waals surface area contributed by atoms with Gasteiger partial charge in [0.15, 0.2) is 0 Å². The van der Waals surface area contributed by atoms with Crippen molar-refractivity contribution in [2.75, 3.05) is 28.6 Å². The molecule has 1 saturated heterocycles. The summed E-state index contributed by atoms with van der Waals surface area (Å²) >= 11 is 6.27. The van der Waals surface area contributed by atoms with Crippen LogP contribution < -0.4 is 15.5 Å². The number of hydrogen-bond acceptors (Lipinski definition) is 3. The smallest absolute Gasteiger partial charge is 0.232 e. The maximum atomic E-state index is 13.6. The van der Waals surface area contributed by atoms with Gasteiger partial charge in [0.25, 0.3) is 0 Å². The highest BCUT2D eigenvalue weighted by Crippen LogP contribution is 2.36. The molecule has 1 heterocycles. The number of carbonyl (C=O) groups excluding carboxylic acids is 1. The van der Waals surface area contributed by atoms with Gasteiger partial charge in [0.1, 0.15) is 0 Å². The molecule has 1 aliphatic rings. The Kier molecular flexibility index (Phi) is 9.09. The molecule has 0 bridgehead atoms. The van der Waals surface area contributed by atoms with Gasteiger partial charge in [-0.25, -0.2) is 0 Å². The number of benzene rings is 5. The van der Waals surface area contributed by atoms with Gasteiger partial charge in [-0.1, -0.05) is 103 Å². The van der Waals surface area contributed by atoms with Crippen molar-refractivity contribution in [1.82, 2.24) is 0 Å². The highest BCUT2D eigenvalue weighted by Gasteiger charge is 2.33. The molecule has 0 spiro atoms. The maximum absolute atomic E-state index is 13.6. The van der Waals surface area contributed by atoms with Gasteiger partial charge in [0, 0.05) is 46.4 Å². The van der Waals surface area contributed by atoms with Crippen LogP contribution in [0, 0.1) is 5.92 Å². The molecular weight excluding hydrogens is 562 g/mol. The molecule has 1 amide bonds. The van der Waals surface area contributed by atoms with E-state index in [4.69, 9.17) is 11.6 Å². The molecular formula is C39H36ClN3O. The van der Waals surface area contributed by atoms with Crippen molar-refractivity contribution >= 4 is 40.3 Å². The summed E-state index contributed by atoms with van der Waals surface area (Å²) in [6.07, 6.45) is 1.89. The van der Waals surface area contributed by atoms with Crippen molar-refractivity contribution in [2.45, 2.75) is 18.8 Å². The average Bonchev–Trinajstić information content (AvgIpc) is 3.06. The summed E-state index contributed by atoms with van der Waals surface area (Å²) < 4.78 is 0. The number of amides is 1. The Bertz CT molecular complexity index is 1710. The van der Waals surface area contributed by atoms with Gasteiger partial charge in [0.2, 0.25) is 5.91 Å². The summed E-state index contributed by atoms with van der Waals surface area (Å²) in [4.78, 5) is 16.0. The number of hydrogen-bond donors (Lipinski definition) is 2. The van der Waals surface area contributed by atoms with E-state index in [0.29, 0.717) is 5.02 Å². The van der Waals surface area contributed by atoms with E-state index in [9.17, 15) is 4.79 Å². The van der Waals surface area contributed by atoms with Crippen LogP contribution in [-0.2, 0) is 4.79 Å². The molecule has 1 unspecified atom stereocenters. The number of nitrogens with one attached hydrogen (secondary N) is 2. The molecule has 220 valence electrons. The Balaban J connectivity index is 1.11. The van der Waals surface area contributed by atoms with Gasteiger partial charge in [-0.3, -0.25) is 4.79 Å². The molecule has 0 saturated carbocycles. The molecule has 5 aromatic carbocycles. The number of rotatable bonds is 9. The van der Waals surface area contributed by atoms with Crippen LogP contribution in [0.4, 0.5) is 17.1 Å². The second-order valence-electron chi connectivity index (χ2n) is 11.3. The zero-order valence-corrected chi connectivity index (χ0v) is 25.4. The van der Waals surface area contributed by atoms with Crippen molar-refractivity contribution in [3.05, 3.63) is 156 Å². The average molecular weight is 598 g/mol. The fraction of sp³-hybridized carbons (Fsp3) is 0.154. The lowest BCUT2D eigenvalue weighted by Crippen LogP contribution is -2.38. The summed E-state index contributed by atoms with van der Waals surface area (Å²) in [6.45, 7) is 6.15. The lowest BCUT2D eigenvalue weighted by atomic mass is 9.79. The number of halogens is 1. The van der Waals surface area contributed by atoms with Gasteiger partial charge < -0.3 is 15.5 Å². The third-order valence-corrected chi connectivity index (χ3v) is 8.64. The second-order valence-corrected chi connectivity index (χ2v) is 11.7. The summed E-state index contributed by atoms with van der Waals surface area (Å²) in [6, 6.07) is 44.6. The van der Waals surface area contributed by atoms with E-state index in [1.54, 1.807) is 0 Å². The van der Waals surface area contributed by atoms with E-state index >= 15 is 0 Å². The Morgan fingerprint density at radius 1 is 0.727 bits per heavy atom. The van der Waals surface area contributed by atoms with Crippen LogP contribution in [0.3, 0.4) is 0 Å². The van der Waals surface area contributed by atoms with Crippen LogP contribution in [-0.4, -0.2) is 19.0 Å². The van der Waals surface area contributed by atoms with Gasteiger partial charge in [-0.05, 0) is 84.0 Å². The predicted octanol–water partition coefficient (Wildman–Crippen LogP) is 9.73. The highest BCUT2D eigenvalue weighted by atomic mass is 35.5. The van der Waals surface area contributed by atoms with E-state index in [1.165, 1.54) is 5.69 Å². The fourth-order valence-corrected chi connectivity index (χ4v) is 6.37. The van der Waals surface area contributed by atoms with E-state index in [0.717, 1.165) is 65.3 Å². The van der Waals surface area contributed by atoms with Crippen molar-refractivity contribution in [2.24, 2.45) is 5.92 Å². The van der Waals surface area contributed by atoms with Gasteiger partial charge in [0.05, 0.1) is 5.92 Å². The molecule has 5 heteroatoms. The standard InChI is InChI=1S/C39H36ClN3O/c1-28(36-17-8-9-18-37(36)31-13-10-14-32(40)27-31)41-34-19-21-35(22-20-34)43-25-23-30(24-26-43)38(29-11-4-2-5-12-29)39(44)42-33-15-6-3-7-16-33/h2-22,27,30,38,41H,1,23-26H2,(H,42,44). The molecule has 5 aromatic rings. The highest BCUT2D eigenvalue weighted by molar-refractivity contribution is 6.30. The molecule has 1 fully saturated rings. The van der Waals surface area contributed by atoms with Gasteiger partial charge in [-0.15, -0.1) is 0 Å². The van der Waals surface area contributed by atoms with E-state index in [-0.39, 0.29) is 17.7 Å². The minimum absolute atomic E-state index is 0.0634. The largest absolute Gasteiger partial charge is 0.372 e. The van der Waals surface area contributed by atoms with Crippen LogP contribution in [0.2, 0.25) is 5.02 Å². The number of carbonyl (C=O) groups is 1. The first-order valence-corrected chi connectivity index (χ1v) is 15.5. The van der Waals surface area contributed by atoms with E-state index in [1.807, 2.05) is 78.9 Å². The Labute approximate surface area is 265 Å². The topological polar surface area (TPSA) is 44.4 Å². The molecule has 1 atom stereocenters. The van der Waals surface area contributed by atoms with Gasteiger partial charge in [-0.2, -0.15) is 0 Å². The predicted molar refractivity (Wildman–Crippen MR) is 185 cm³/mol. The van der Waals surface area contributed by atoms with Crippen LogP contribution in [0.1, 0.15) is 29.9 Å². The SMILES string of the molecule is C=C(Nc1ccc(N2CCC(C(C(=O)Nc3ccccc3)c3ccccc3)CC2)cc1)c1ccccc1-c1cccc(Cl)c1. The minimum Gasteiger partial charge on any atom is -0.372 e. The molecule has 0 aliphatic carbocycles. The van der Waals surface area contributed by atoms with Crippen molar-refractivity contribution in [3.63, 3.8) is 0 Å². The lowest BCUT2D eigenvalue weighted by Gasteiger charge is -2.37. The molecule has 0 aromatic heterocycles. The van der Waals surface area contributed by atoms with E-state index in [2.05, 4.69) is 76.7 Å². The first kappa shape index (κ1) is 29.3. The minimum atomic E-state index is -0.189. The Hall–Kier alpha value is -4.80. The maximum Gasteiger partial charge on any atom is 0.232 e. The Morgan fingerprint density at radius 3 is 2.07 bits per heavy atom. The van der Waals surface area contributed by atoms with Crippen molar-refractivity contribution < 1.29 is 4.79 Å². The zero-order chi connectivity index (χ0) is 30.3. The van der Waals surface area contributed by atoms with Gasteiger partial charge >= 0.3 is 0 Å². The molecule has 44 heavy (non-hydrogen) atoms. The third kappa shape index (κ3) is 6.88. The molecule has 4 nitrogen and oxygen atoms in total. The molecule has 2 N–H and O–H groups in total. The number of nitrogens with zero attached hydrogens (tertiary/aromatic N) is 1. The van der Waals surface area contributed by atoms with Crippen LogP contribution in [0.15, 0.2) is 140 Å². The van der Waals surface area contributed by atoms with Crippen molar-refractivity contribution in [1.29, 1.82) is 0 Å². The zero-order valence-electron chi connectivity index (χ0n) is 24.6. The second kappa shape index (κ2) is 13.7. The Morgan fingerprint density at radius 2 is 1.36 bits per heavy atom. The van der Waals surface area contributed by atoms with E-state index < -0.39 is 0 Å². The molecule has 1 aliphatic heterocycles. The third-order valence-electron chi connectivity index (χ3n) is 8.41. The van der Waals surface area contributed by atoms with Crippen LogP contribution in [0.25, 0.3) is 16.8 Å². The molecule has 6 rings (SSSR count). The van der Waals surface area contributed by atoms with Crippen LogP contribution >= 0.6 is 11.6 Å². The molecule has 0 radical (unpaired) electrons. The monoisotopic (exact) mass is 597 g/mol. The summed E-state index contributed by atoms with van der Waals surface area (Å²) in [5.74, 6) is 0.139. The normalized spacial score (nSPS) is 14.1. The van der Waals surface area contributed by atoms with Crippen molar-refractivity contribution in [3.8, 4) is 11.1 Å². The summed E-state index contributed by atoms with van der Waals surface area (Å²) in [7, 11) is 0. The fourth-order valence-electron chi connectivity index (χ4n) is 6.18. The van der Waals surface area contributed by atoms with Crippen LogP contribution in [0.5, 0.6) is 0 Å². The summed E-state index contributed by atoms with van der Waals surface area (Å²) in [5, 5.41) is 7.36. The number of para-hydroxylation sites is 1.